The van der Waals surface area contributed by atoms with Gasteiger partial charge in [-0.2, -0.15) is 0 Å². The van der Waals surface area contributed by atoms with Gasteiger partial charge in [0, 0.05) is 11.0 Å². The number of Topliss-reactive ketones (excluding diaryl/α,β-unsaturated/α-hetero) is 1. The Bertz CT molecular complexity index is 1120. The molecule has 0 radical (unpaired) electrons. The Hall–Kier alpha value is -2.60. The molecule has 0 N–H and O–H groups in total. The van der Waals surface area contributed by atoms with Crippen molar-refractivity contribution in [3.8, 4) is 5.75 Å². The van der Waals surface area contributed by atoms with E-state index < -0.39 is 6.04 Å². The lowest BCUT2D eigenvalue weighted by Gasteiger charge is -2.41. The lowest BCUT2D eigenvalue weighted by molar-refractivity contribution is -0.138. The average molecular weight is 524 g/mol. The molecule has 0 bridgehead atoms. The van der Waals surface area contributed by atoms with Crippen LogP contribution in [0.1, 0.15) is 43.9 Å². The molecule has 178 valence electrons. The molecule has 2 aromatic rings. The van der Waals surface area contributed by atoms with E-state index in [1.54, 1.807) is 7.11 Å². The molecule has 0 spiro atoms. The Kier molecular flexibility index (Phi) is 6.28. The number of hydrogen-bond acceptors (Lipinski definition) is 4. The first-order valence-electron chi connectivity index (χ1n) is 12.0. The van der Waals surface area contributed by atoms with Crippen LogP contribution in [0.15, 0.2) is 64.3 Å². The first kappa shape index (κ1) is 23.2. The lowest BCUT2D eigenvalue weighted by atomic mass is 9.70. The van der Waals surface area contributed by atoms with Gasteiger partial charge in [-0.25, -0.2) is 0 Å². The predicted octanol–water partition coefficient (Wildman–Crippen LogP) is 5.49. The highest BCUT2D eigenvalue weighted by Gasteiger charge is 2.53. The van der Waals surface area contributed by atoms with Crippen LogP contribution >= 0.6 is 15.9 Å². The van der Waals surface area contributed by atoms with Crippen molar-refractivity contribution < 1.29 is 19.1 Å². The zero-order chi connectivity index (χ0) is 24.0. The summed E-state index contributed by atoms with van der Waals surface area (Å²) in [5.41, 5.74) is 2.59. The number of nitrogens with zero attached hydrogens (tertiary/aromatic N) is 1. The third-order valence-electron chi connectivity index (χ3n) is 7.52. The van der Waals surface area contributed by atoms with E-state index >= 15 is 0 Å². The summed E-state index contributed by atoms with van der Waals surface area (Å²) >= 11 is 3.50. The van der Waals surface area contributed by atoms with Gasteiger partial charge in [0.05, 0.1) is 24.6 Å². The van der Waals surface area contributed by atoms with Crippen LogP contribution in [-0.4, -0.2) is 36.3 Å². The molecule has 3 aliphatic rings. The minimum Gasteiger partial charge on any atom is -0.497 e. The summed E-state index contributed by atoms with van der Waals surface area (Å²) in [5.74, 6) is 1.54. The third kappa shape index (κ3) is 4.06. The van der Waals surface area contributed by atoms with Crippen molar-refractivity contribution in [2.45, 2.75) is 45.3 Å². The Labute approximate surface area is 209 Å². The number of ether oxygens (including phenoxy) is 2. The van der Waals surface area contributed by atoms with E-state index in [9.17, 15) is 9.59 Å². The molecule has 2 aliphatic heterocycles. The fourth-order valence-corrected chi connectivity index (χ4v) is 6.15. The van der Waals surface area contributed by atoms with Gasteiger partial charge in [-0.05, 0) is 66.5 Å². The maximum atomic E-state index is 13.9. The predicted molar refractivity (Wildman–Crippen MR) is 133 cm³/mol. The minimum absolute atomic E-state index is 0.0952. The largest absolute Gasteiger partial charge is 0.497 e. The van der Waals surface area contributed by atoms with Gasteiger partial charge in [0.1, 0.15) is 11.9 Å². The van der Waals surface area contributed by atoms with Crippen molar-refractivity contribution in [2.75, 3.05) is 13.7 Å². The Morgan fingerprint density at radius 3 is 2.41 bits per heavy atom. The second kappa shape index (κ2) is 9.21. The van der Waals surface area contributed by atoms with Gasteiger partial charge in [-0.15, -0.1) is 0 Å². The monoisotopic (exact) mass is 523 g/mol. The summed E-state index contributed by atoms with van der Waals surface area (Å²) in [6, 6.07) is 15.4. The molecular formula is C28H30BrNO4. The molecular weight excluding hydrogens is 494 g/mol. The van der Waals surface area contributed by atoms with Gasteiger partial charge in [0.25, 0.3) is 5.91 Å². The molecule has 5 nitrogen and oxygen atoms in total. The van der Waals surface area contributed by atoms with Crippen molar-refractivity contribution in [2.24, 2.45) is 17.8 Å². The van der Waals surface area contributed by atoms with E-state index in [4.69, 9.17) is 9.47 Å². The highest BCUT2D eigenvalue weighted by Crippen LogP contribution is 2.48. The van der Waals surface area contributed by atoms with E-state index in [0.717, 1.165) is 34.2 Å². The van der Waals surface area contributed by atoms with Crippen LogP contribution < -0.4 is 4.74 Å². The van der Waals surface area contributed by atoms with Crippen molar-refractivity contribution in [1.82, 2.24) is 4.90 Å². The quantitative estimate of drug-likeness (QED) is 0.520. The first-order valence-corrected chi connectivity index (χ1v) is 12.8. The number of carbonyl (C=O) groups is 2. The zero-order valence-corrected chi connectivity index (χ0v) is 21.4. The zero-order valence-electron chi connectivity index (χ0n) is 19.8. The topological polar surface area (TPSA) is 55.8 Å². The SMILES string of the molecule is COc1ccc(CCN2C(=O)C3=C(C(=O)C4CC(C)CC(C)C4O3)C2c2ccc(Br)cc2)cc1. The summed E-state index contributed by atoms with van der Waals surface area (Å²) in [6.07, 6.45) is 2.30. The van der Waals surface area contributed by atoms with Gasteiger partial charge >= 0.3 is 0 Å². The normalized spacial score (nSPS) is 28.5. The molecule has 34 heavy (non-hydrogen) atoms. The summed E-state index contributed by atoms with van der Waals surface area (Å²) in [4.78, 5) is 29.4. The Morgan fingerprint density at radius 1 is 1.03 bits per heavy atom. The number of benzene rings is 2. The van der Waals surface area contributed by atoms with E-state index in [2.05, 4.69) is 29.8 Å². The molecule has 2 heterocycles. The molecule has 1 aliphatic carbocycles. The summed E-state index contributed by atoms with van der Waals surface area (Å²) < 4.78 is 12.6. The summed E-state index contributed by atoms with van der Waals surface area (Å²) in [7, 11) is 1.65. The molecule has 0 aromatic heterocycles. The van der Waals surface area contributed by atoms with E-state index in [1.165, 1.54) is 0 Å². The number of ketones is 1. The standard InChI is InChI=1S/C28H30BrNO4/c1-16-14-17(2)26-22(15-16)25(31)23-24(19-6-8-20(29)9-7-19)30(28(32)27(23)34-26)13-12-18-4-10-21(33-3)11-5-18/h4-11,16-17,22,24,26H,12-15H2,1-3H3. The van der Waals surface area contributed by atoms with Crippen molar-refractivity contribution in [3.63, 3.8) is 0 Å². The maximum Gasteiger partial charge on any atom is 0.290 e. The molecule has 6 heteroatoms. The van der Waals surface area contributed by atoms with Gasteiger partial charge in [-0.1, -0.05) is 54.0 Å². The van der Waals surface area contributed by atoms with Crippen LogP contribution in [0.3, 0.4) is 0 Å². The van der Waals surface area contributed by atoms with Gasteiger partial charge in [0.15, 0.2) is 11.5 Å². The van der Waals surface area contributed by atoms with Crippen LogP contribution in [0.5, 0.6) is 5.75 Å². The number of fused-ring (bicyclic) bond motifs is 1. The lowest BCUT2D eigenvalue weighted by Crippen LogP contribution is -2.45. The maximum absolute atomic E-state index is 13.9. The van der Waals surface area contributed by atoms with Gasteiger partial charge in [-0.3, -0.25) is 9.59 Å². The number of hydrogen-bond donors (Lipinski definition) is 0. The fourth-order valence-electron chi connectivity index (χ4n) is 5.89. The number of amides is 1. The molecule has 1 fully saturated rings. The second-order valence-corrected chi connectivity index (χ2v) is 10.8. The molecule has 0 saturated heterocycles. The molecule has 5 atom stereocenters. The van der Waals surface area contributed by atoms with Crippen LogP contribution in [0.2, 0.25) is 0 Å². The minimum atomic E-state index is -0.421. The van der Waals surface area contributed by atoms with Crippen LogP contribution in [0, 0.1) is 17.8 Å². The smallest absolute Gasteiger partial charge is 0.290 e. The second-order valence-electron chi connectivity index (χ2n) is 9.90. The molecule has 5 rings (SSSR count). The first-order chi connectivity index (χ1) is 16.4. The number of carbonyl (C=O) groups excluding carboxylic acids is 2. The Balaban J connectivity index is 1.49. The highest BCUT2D eigenvalue weighted by molar-refractivity contribution is 9.10. The molecule has 5 unspecified atom stereocenters. The third-order valence-corrected chi connectivity index (χ3v) is 8.04. The fraction of sp³-hybridized carbons (Fsp3) is 0.429. The van der Waals surface area contributed by atoms with E-state index in [1.807, 2.05) is 53.4 Å². The van der Waals surface area contributed by atoms with E-state index in [-0.39, 0.29) is 35.4 Å². The average Bonchev–Trinajstić information content (AvgIpc) is 3.11. The van der Waals surface area contributed by atoms with Crippen LogP contribution in [0.25, 0.3) is 0 Å². The van der Waals surface area contributed by atoms with Crippen LogP contribution in [0.4, 0.5) is 0 Å². The summed E-state index contributed by atoms with van der Waals surface area (Å²) in [5, 5.41) is 0. The van der Waals surface area contributed by atoms with Crippen molar-refractivity contribution in [3.05, 3.63) is 75.5 Å². The van der Waals surface area contributed by atoms with Crippen molar-refractivity contribution in [1.29, 1.82) is 0 Å². The number of halogens is 1. The summed E-state index contributed by atoms with van der Waals surface area (Å²) in [6.45, 7) is 4.84. The number of methoxy groups -OCH3 is 1. The number of rotatable bonds is 5. The van der Waals surface area contributed by atoms with Gasteiger partial charge in [0.2, 0.25) is 0 Å². The Morgan fingerprint density at radius 2 is 1.74 bits per heavy atom. The molecule has 2 aromatic carbocycles. The van der Waals surface area contributed by atoms with Crippen molar-refractivity contribution >= 4 is 27.6 Å². The molecule has 1 saturated carbocycles. The van der Waals surface area contributed by atoms with Crippen LogP contribution in [-0.2, 0) is 20.7 Å². The highest BCUT2D eigenvalue weighted by atomic mass is 79.9. The molecule has 1 amide bonds. The van der Waals surface area contributed by atoms with Gasteiger partial charge < -0.3 is 14.4 Å². The van der Waals surface area contributed by atoms with E-state index in [0.29, 0.717) is 24.5 Å².